The molecular weight excluding hydrogens is 172 g/mol. The Hall–Kier alpha value is 0.270. The first kappa shape index (κ1) is 10.4. The number of ether oxygens (including phenoxy) is 1. The second-order valence-electron chi connectivity index (χ2n) is 3.99. The highest BCUT2D eigenvalue weighted by Crippen LogP contribution is 2.40. The molecule has 12 heavy (non-hydrogen) atoms. The fourth-order valence-electron chi connectivity index (χ4n) is 1.14. The van der Waals surface area contributed by atoms with E-state index in [1.807, 2.05) is 0 Å². The molecule has 1 rings (SSSR count). The van der Waals surface area contributed by atoms with Gasteiger partial charge in [0.05, 0.1) is 13.2 Å². The third-order valence-corrected chi connectivity index (χ3v) is 4.11. The summed E-state index contributed by atoms with van der Waals surface area (Å²) < 4.78 is 5.67. The van der Waals surface area contributed by atoms with E-state index in [4.69, 9.17) is 4.74 Å². The Kier molecular flexibility index (Phi) is 3.07. The Bertz CT molecular complexity index is 141. The van der Waals surface area contributed by atoms with Gasteiger partial charge in [0.2, 0.25) is 0 Å². The fourth-order valence-corrected chi connectivity index (χ4v) is 2.32. The van der Waals surface area contributed by atoms with Crippen LogP contribution in [0.4, 0.5) is 0 Å². The molecule has 0 aromatic carbocycles. The number of hydrogen-bond donors (Lipinski definition) is 1. The first-order valence-electron chi connectivity index (χ1n) is 4.42. The van der Waals surface area contributed by atoms with Crippen LogP contribution in [0.25, 0.3) is 0 Å². The van der Waals surface area contributed by atoms with Crippen molar-refractivity contribution in [1.82, 2.24) is 0 Å². The molecule has 1 unspecified atom stereocenters. The lowest BCUT2D eigenvalue weighted by molar-refractivity contribution is -0.0382. The SMILES string of the molecule is CCC1(CO)COC(C)(C)SC1. The van der Waals surface area contributed by atoms with Crippen molar-refractivity contribution in [1.29, 1.82) is 0 Å². The molecule has 1 fully saturated rings. The van der Waals surface area contributed by atoms with Crippen LogP contribution in [0.1, 0.15) is 27.2 Å². The third kappa shape index (κ3) is 2.15. The van der Waals surface area contributed by atoms with Gasteiger partial charge in [0.15, 0.2) is 0 Å². The zero-order chi connectivity index (χ0) is 9.24. The van der Waals surface area contributed by atoms with E-state index < -0.39 is 0 Å². The fraction of sp³-hybridized carbons (Fsp3) is 1.00. The molecule has 1 aliphatic heterocycles. The van der Waals surface area contributed by atoms with Crippen LogP contribution in [0.15, 0.2) is 0 Å². The van der Waals surface area contributed by atoms with Crippen molar-refractivity contribution in [3.05, 3.63) is 0 Å². The average molecular weight is 190 g/mol. The summed E-state index contributed by atoms with van der Waals surface area (Å²) in [4.78, 5) is -0.0617. The van der Waals surface area contributed by atoms with E-state index in [1.54, 1.807) is 11.8 Å². The molecule has 72 valence electrons. The standard InChI is InChI=1S/C9H18O2S/c1-4-9(5-10)6-11-8(2,3)12-7-9/h10H,4-7H2,1-3H3. The Labute approximate surface area is 78.7 Å². The monoisotopic (exact) mass is 190 g/mol. The third-order valence-electron chi connectivity index (χ3n) is 2.54. The van der Waals surface area contributed by atoms with Crippen molar-refractivity contribution >= 4 is 11.8 Å². The van der Waals surface area contributed by atoms with Crippen LogP contribution in [0, 0.1) is 5.41 Å². The van der Waals surface area contributed by atoms with Gasteiger partial charge in [0.25, 0.3) is 0 Å². The van der Waals surface area contributed by atoms with Gasteiger partial charge in [0, 0.05) is 11.2 Å². The minimum absolute atomic E-state index is 0.0141. The molecular formula is C9H18O2S. The molecule has 1 saturated heterocycles. The summed E-state index contributed by atoms with van der Waals surface area (Å²) in [6.45, 7) is 7.20. The highest BCUT2D eigenvalue weighted by Gasteiger charge is 2.37. The number of thioether (sulfide) groups is 1. The van der Waals surface area contributed by atoms with Crippen LogP contribution in [-0.2, 0) is 4.74 Å². The smallest absolute Gasteiger partial charge is 0.108 e. The molecule has 0 radical (unpaired) electrons. The van der Waals surface area contributed by atoms with Gasteiger partial charge in [0.1, 0.15) is 4.93 Å². The Morgan fingerprint density at radius 1 is 1.50 bits per heavy atom. The van der Waals surface area contributed by atoms with Gasteiger partial charge in [-0.15, -0.1) is 11.8 Å². The van der Waals surface area contributed by atoms with Crippen molar-refractivity contribution in [2.24, 2.45) is 5.41 Å². The van der Waals surface area contributed by atoms with Crippen LogP contribution < -0.4 is 0 Å². The quantitative estimate of drug-likeness (QED) is 0.721. The van der Waals surface area contributed by atoms with Gasteiger partial charge in [-0.2, -0.15) is 0 Å². The Balaban J connectivity index is 2.53. The van der Waals surface area contributed by atoms with Crippen molar-refractivity contribution in [2.75, 3.05) is 19.0 Å². The highest BCUT2D eigenvalue weighted by atomic mass is 32.2. The summed E-state index contributed by atoms with van der Waals surface area (Å²) in [5.74, 6) is 1.01. The molecule has 1 aliphatic rings. The van der Waals surface area contributed by atoms with E-state index in [9.17, 15) is 5.11 Å². The molecule has 0 bridgehead atoms. The van der Waals surface area contributed by atoms with E-state index in [2.05, 4.69) is 20.8 Å². The molecule has 1 N–H and O–H groups in total. The number of hydrogen-bond acceptors (Lipinski definition) is 3. The zero-order valence-electron chi connectivity index (χ0n) is 8.09. The Morgan fingerprint density at radius 2 is 2.17 bits per heavy atom. The van der Waals surface area contributed by atoms with Crippen LogP contribution in [0.5, 0.6) is 0 Å². The second kappa shape index (κ2) is 3.56. The maximum Gasteiger partial charge on any atom is 0.108 e. The maximum atomic E-state index is 9.22. The van der Waals surface area contributed by atoms with Gasteiger partial charge >= 0.3 is 0 Å². The van der Waals surface area contributed by atoms with Crippen molar-refractivity contribution in [2.45, 2.75) is 32.1 Å². The van der Waals surface area contributed by atoms with Crippen LogP contribution in [0.3, 0.4) is 0 Å². The summed E-state index contributed by atoms with van der Waals surface area (Å²) >= 11 is 1.79. The predicted octanol–water partition coefficient (Wildman–Crippen LogP) is 1.87. The summed E-state index contributed by atoms with van der Waals surface area (Å²) in [6.07, 6.45) is 0.993. The number of aliphatic hydroxyl groups excluding tert-OH is 1. The van der Waals surface area contributed by atoms with Crippen LogP contribution in [0.2, 0.25) is 0 Å². The zero-order valence-corrected chi connectivity index (χ0v) is 8.91. The molecule has 1 heterocycles. The van der Waals surface area contributed by atoms with Gasteiger partial charge in [-0.3, -0.25) is 0 Å². The van der Waals surface area contributed by atoms with E-state index in [1.165, 1.54) is 0 Å². The van der Waals surface area contributed by atoms with E-state index in [0.717, 1.165) is 12.2 Å². The second-order valence-corrected chi connectivity index (χ2v) is 5.55. The van der Waals surface area contributed by atoms with Crippen molar-refractivity contribution in [3.63, 3.8) is 0 Å². The lowest BCUT2D eigenvalue weighted by atomic mass is 9.89. The van der Waals surface area contributed by atoms with Crippen LogP contribution in [-0.4, -0.2) is 29.0 Å². The minimum Gasteiger partial charge on any atom is -0.396 e. The maximum absolute atomic E-state index is 9.22. The van der Waals surface area contributed by atoms with Crippen LogP contribution >= 0.6 is 11.8 Å². The molecule has 0 spiro atoms. The number of aliphatic hydroxyl groups is 1. The van der Waals surface area contributed by atoms with E-state index in [0.29, 0.717) is 6.61 Å². The molecule has 0 saturated carbocycles. The van der Waals surface area contributed by atoms with Gasteiger partial charge in [-0.1, -0.05) is 6.92 Å². The normalized spacial score (nSPS) is 35.0. The largest absolute Gasteiger partial charge is 0.396 e. The molecule has 0 aliphatic carbocycles. The summed E-state index contributed by atoms with van der Waals surface area (Å²) in [6, 6.07) is 0. The van der Waals surface area contributed by atoms with E-state index in [-0.39, 0.29) is 17.0 Å². The molecule has 3 heteroatoms. The first-order valence-corrected chi connectivity index (χ1v) is 5.41. The number of rotatable bonds is 2. The van der Waals surface area contributed by atoms with Gasteiger partial charge < -0.3 is 9.84 Å². The Morgan fingerprint density at radius 3 is 2.50 bits per heavy atom. The molecule has 2 nitrogen and oxygen atoms in total. The van der Waals surface area contributed by atoms with Crippen molar-refractivity contribution in [3.8, 4) is 0 Å². The predicted molar refractivity (Wildman–Crippen MR) is 52.3 cm³/mol. The first-order chi connectivity index (χ1) is 5.54. The summed E-state index contributed by atoms with van der Waals surface area (Å²) in [7, 11) is 0. The average Bonchev–Trinajstić information content (AvgIpc) is 2.06. The topological polar surface area (TPSA) is 29.5 Å². The minimum atomic E-state index is -0.0617. The molecule has 0 aromatic heterocycles. The lowest BCUT2D eigenvalue weighted by Gasteiger charge is -2.41. The van der Waals surface area contributed by atoms with Gasteiger partial charge in [-0.25, -0.2) is 0 Å². The summed E-state index contributed by atoms with van der Waals surface area (Å²) in [5.41, 5.74) is 0.0141. The van der Waals surface area contributed by atoms with Gasteiger partial charge in [-0.05, 0) is 20.3 Å². The molecule has 1 atom stereocenters. The lowest BCUT2D eigenvalue weighted by Crippen LogP contribution is -2.42. The van der Waals surface area contributed by atoms with Crippen molar-refractivity contribution < 1.29 is 9.84 Å². The summed E-state index contributed by atoms with van der Waals surface area (Å²) in [5, 5.41) is 9.22. The van der Waals surface area contributed by atoms with E-state index >= 15 is 0 Å². The molecule has 0 aromatic rings. The highest BCUT2D eigenvalue weighted by molar-refractivity contribution is 8.00. The molecule has 0 amide bonds.